The van der Waals surface area contributed by atoms with Gasteiger partial charge in [0.15, 0.2) is 0 Å². The lowest BCUT2D eigenvalue weighted by Gasteiger charge is -2.29. The molecule has 0 radical (unpaired) electrons. The van der Waals surface area contributed by atoms with Crippen LogP contribution >= 0.6 is 0 Å². The highest BCUT2D eigenvalue weighted by Crippen LogP contribution is 2.38. The minimum absolute atomic E-state index is 0.165. The monoisotopic (exact) mass is 1400 g/mol. The molecular weight excluding hydrogens is 1280 g/mol. The van der Waals surface area contributed by atoms with Crippen molar-refractivity contribution in [1.29, 1.82) is 0 Å². The van der Waals surface area contributed by atoms with Crippen molar-refractivity contribution in [2.75, 3.05) is 0 Å². The highest BCUT2D eigenvalue weighted by Gasteiger charge is 2.48. The van der Waals surface area contributed by atoms with E-state index in [2.05, 4.69) is 63.8 Å². The molecule has 0 saturated heterocycles. The quantitative estimate of drug-likeness (QED) is 0.0588. The molecule has 0 unspecified atom stereocenters. The van der Waals surface area contributed by atoms with E-state index >= 15 is 0 Å². The van der Waals surface area contributed by atoms with Crippen LogP contribution in [0.4, 0.5) is 0 Å². The third-order valence-corrected chi connectivity index (χ3v) is 25.4. The first-order chi connectivity index (χ1) is 48.1. The summed E-state index contributed by atoms with van der Waals surface area (Å²) >= 11 is 0. The molecule has 13 amide bonds. The van der Waals surface area contributed by atoms with Crippen LogP contribution in [0.1, 0.15) is 232 Å². The SMILES string of the molecule is CC(=O)N[C@H]1CCC[C@@H]1C(=O)N[C@H]1CCC[C@@H]1C(=O)N[C@H](CC(=O)N[C@H]1CCC[C@@H]1C(=O)N[C@H]1CCC[C@@H]1C(=O)N[C@H]1CCC[C@@H]1C(=O)N[C@H]1CCC[C@@H]1C(=O)N[C@H]1CCC[C@@H]1C(=O)N[C@H]1CCC[C@@H]1C(=O)N[C@H]1CCC[C@@H]1C(=O)N[C@H]1CCC[C@@H]1C(=O)N[C@H]1CCC[C@@H]1C(N)=O)[C@H](C)O. The van der Waals surface area contributed by atoms with Crippen LogP contribution in [0.2, 0.25) is 0 Å². The molecule has 15 N–H and O–H groups in total. The van der Waals surface area contributed by atoms with E-state index in [1.807, 2.05) is 0 Å². The molecule has 11 fully saturated rings. The third kappa shape index (κ3) is 17.9. The van der Waals surface area contributed by atoms with Gasteiger partial charge in [-0.2, -0.15) is 0 Å². The first-order valence-corrected chi connectivity index (χ1v) is 38.7. The topological polar surface area (TPSA) is 413 Å². The number of primary amides is 1. The van der Waals surface area contributed by atoms with Gasteiger partial charge in [-0.25, -0.2) is 0 Å². The number of carbonyl (C=O) groups is 13. The van der Waals surface area contributed by atoms with Gasteiger partial charge in [-0.1, -0.05) is 70.6 Å². The molecular formula is C73H113N13O14. The molecule has 11 rings (SSSR count). The maximum absolute atomic E-state index is 14.2. The molecule has 11 aliphatic carbocycles. The van der Waals surface area contributed by atoms with Crippen LogP contribution in [-0.4, -0.2) is 161 Å². The molecule has 0 aliphatic heterocycles. The van der Waals surface area contributed by atoms with Gasteiger partial charge in [0.05, 0.1) is 77.2 Å². The zero-order chi connectivity index (χ0) is 70.9. The van der Waals surface area contributed by atoms with E-state index < -0.39 is 120 Å². The fraction of sp³-hybridized carbons (Fsp3) is 0.822. The first-order valence-electron chi connectivity index (χ1n) is 38.7. The van der Waals surface area contributed by atoms with E-state index in [1.165, 1.54) is 13.8 Å². The number of rotatable bonds is 26. The van der Waals surface area contributed by atoms with Crippen molar-refractivity contribution >= 4 is 76.8 Å². The van der Waals surface area contributed by atoms with E-state index in [9.17, 15) is 67.4 Å². The summed E-state index contributed by atoms with van der Waals surface area (Å²) in [5.74, 6) is -8.57. The molecule has 24 atom stereocenters. The van der Waals surface area contributed by atoms with Crippen molar-refractivity contribution in [1.82, 2.24) is 63.8 Å². The zero-order valence-electron chi connectivity index (χ0n) is 58.7. The molecule has 27 heteroatoms. The maximum Gasteiger partial charge on any atom is 0.225 e. The normalized spacial score (nSPS) is 36.5. The number of nitrogens with one attached hydrogen (secondary N) is 12. The smallest absolute Gasteiger partial charge is 0.225 e. The van der Waals surface area contributed by atoms with Crippen molar-refractivity contribution < 1.29 is 67.4 Å². The van der Waals surface area contributed by atoms with E-state index in [-0.39, 0.29) is 107 Å². The van der Waals surface area contributed by atoms with Crippen molar-refractivity contribution in [3.05, 3.63) is 0 Å². The van der Waals surface area contributed by atoms with Gasteiger partial charge >= 0.3 is 0 Å². The number of aliphatic hydroxyl groups excluding tert-OH is 1. The predicted molar refractivity (Wildman–Crippen MR) is 365 cm³/mol. The Hall–Kier alpha value is -6.93. The summed E-state index contributed by atoms with van der Waals surface area (Å²) in [7, 11) is 0. The van der Waals surface area contributed by atoms with Gasteiger partial charge in [-0.15, -0.1) is 0 Å². The van der Waals surface area contributed by atoms with Crippen molar-refractivity contribution in [3.8, 4) is 0 Å². The third-order valence-electron chi connectivity index (χ3n) is 25.4. The van der Waals surface area contributed by atoms with Gasteiger partial charge in [0.2, 0.25) is 76.8 Å². The minimum Gasteiger partial charge on any atom is -0.391 e. The van der Waals surface area contributed by atoms with E-state index in [4.69, 9.17) is 5.73 Å². The van der Waals surface area contributed by atoms with Crippen LogP contribution in [0.3, 0.4) is 0 Å². The van der Waals surface area contributed by atoms with Crippen LogP contribution in [0.25, 0.3) is 0 Å². The second-order valence-corrected chi connectivity index (χ2v) is 31.9. The summed E-state index contributed by atoms with van der Waals surface area (Å²) in [6.45, 7) is 2.93. The van der Waals surface area contributed by atoms with Crippen LogP contribution in [-0.2, 0) is 62.3 Å². The summed E-state index contributed by atoms with van der Waals surface area (Å²) in [6, 6.07) is -5.29. The Morgan fingerprint density at radius 1 is 0.280 bits per heavy atom. The Morgan fingerprint density at radius 3 is 0.660 bits per heavy atom. The lowest BCUT2D eigenvalue weighted by atomic mass is 9.95. The Kier molecular flexibility index (Phi) is 25.2. The van der Waals surface area contributed by atoms with Crippen molar-refractivity contribution in [3.63, 3.8) is 0 Å². The largest absolute Gasteiger partial charge is 0.391 e. The second-order valence-electron chi connectivity index (χ2n) is 31.9. The molecule has 0 spiro atoms. The number of amides is 13. The van der Waals surface area contributed by atoms with Gasteiger partial charge in [-0.05, 0) is 148 Å². The number of aliphatic hydroxyl groups is 1. The summed E-state index contributed by atoms with van der Waals surface area (Å²) in [5.41, 5.74) is 5.61. The van der Waals surface area contributed by atoms with Crippen LogP contribution < -0.4 is 69.5 Å². The average Bonchev–Trinajstić information content (AvgIpc) is 1.67. The maximum atomic E-state index is 14.2. The predicted octanol–water partition coefficient (Wildman–Crippen LogP) is 1.88. The van der Waals surface area contributed by atoms with E-state index in [1.54, 1.807) is 0 Å². The van der Waals surface area contributed by atoms with Crippen LogP contribution in [0.15, 0.2) is 0 Å². The number of carbonyl (C=O) groups excluding carboxylic acids is 13. The lowest BCUT2D eigenvalue weighted by Crippen LogP contribution is -2.54. The summed E-state index contributed by atoms with van der Waals surface area (Å²) < 4.78 is 0. The van der Waals surface area contributed by atoms with Gasteiger partial charge in [0, 0.05) is 79.8 Å². The lowest BCUT2D eigenvalue weighted by molar-refractivity contribution is -0.133. The molecule has 0 aromatic rings. The van der Waals surface area contributed by atoms with Gasteiger partial charge in [-0.3, -0.25) is 62.3 Å². The summed E-state index contributed by atoms with van der Waals surface area (Å²) in [6.07, 6.45) is 20.1. The average molecular weight is 1400 g/mol. The number of hydrogen-bond acceptors (Lipinski definition) is 14. The molecule has 100 heavy (non-hydrogen) atoms. The van der Waals surface area contributed by atoms with Gasteiger partial charge in [0.1, 0.15) is 0 Å². The second kappa shape index (κ2) is 33.9. The Bertz CT molecular complexity index is 3040. The molecule has 11 saturated carbocycles. The van der Waals surface area contributed by atoms with Crippen LogP contribution in [0, 0.1) is 65.1 Å². The molecule has 0 bridgehead atoms. The van der Waals surface area contributed by atoms with Crippen molar-refractivity contribution in [2.45, 2.75) is 311 Å². The molecule has 554 valence electrons. The fourth-order valence-electron chi connectivity index (χ4n) is 19.9. The molecule has 11 aliphatic rings. The Labute approximate surface area is 587 Å². The van der Waals surface area contributed by atoms with E-state index in [0.29, 0.717) is 161 Å². The minimum atomic E-state index is -1.08. The molecule has 27 nitrogen and oxygen atoms in total. The van der Waals surface area contributed by atoms with E-state index in [0.717, 1.165) is 51.4 Å². The zero-order valence-corrected chi connectivity index (χ0v) is 58.7. The van der Waals surface area contributed by atoms with Crippen molar-refractivity contribution in [2.24, 2.45) is 70.8 Å². The van der Waals surface area contributed by atoms with Crippen LogP contribution in [0.5, 0.6) is 0 Å². The summed E-state index contributed by atoms with van der Waals surface area (Å²) in [5, 5.41) is 48.0. The number of nitrogens with two attached hydrogens (primary N) is 1. The van der Waals surface area contributed by atoms with Gasteiger partial charge < -0.3 is 74.6 Å². The highest BCUT2D eigenvalue weighted by molar-refractivity contribution is 5.90. The number of hydrogen-bond donors (Lipinski definition) is 14. The molecule has 0 aromatic heterocycles. The first kappa shape index (κ1) is 74.3. The Morgan fingerprint density at radius 2 is 0.460 bits per heavy atom. The summed E-state index contributed by atoms with van der Waals surface area (Å²) in [4.78, 5) is 177. The standard InChI is InChI=1S/C73H113N13O14/c1-37(87)61(86-73(100)49-24-13-35-60(49)78-64(91)40-15-4-26-51(40)75-38(2)88)36-62(89)76-52-27-5-16-41(52)65(92)79-54-29-7-18-43(54)67(94)81-56-31-9-20-45(56)69(96)83-58-33-11-22-47(58)71(98)85-59-34-12-23-48(59)72(99)84-57-32-10-21-46(57)70(97)82-55-30-8-19-44(55)68(95)80-53-28-6-17-42(53)66(93)77-50-25-3-14-39(50)63(74)90/h37,39-61,87H,3-36H2,1-2H3,(H2,74,90)(H,75,88)(H,76,89)(H,77,93)(H,78,91)(H,79,92)(H,80,95)(H,81,94)(H,82,97)(H,83,96)(H,84,99)(H,85,98)(H,86,100)/t37-,39-,40-,41-,42-,43-,44-,45-,46-,47-,48-,49-,50-,51-,52-,53-,54-,55-,56-,57-,58-,59-,60-,61+/m0/s1. The highest BCUT2D eigenvalue weighted by atomic mass is 16.3. The van der Waals surface area contributed by atoms with Gasteiger partial charge in [0.25, 0.3) is 0 Å². The Balaban J connectivity index is 0.601. The fourth-order valence-corrected chi connectivity index (χ4v) is 19.9. The molecule has 0 aromatic carbocycles. The molecule has 0 heterocycles.